The van der Waals surface area contributed by atoms with E-state index < -0.39 is 0 Å². The first-order valence-electron chi connectivity index (χ1n) is 7.68. The smallest absolute Gasteiger partial charge is 0.258 e. The van der Waals surface area contributed by atoms with Crippen LogP contribution in [0.4, 0.5) is 5.69 Å². The minimum absolute atomic E-state index is 0.276. The largest absolute Gasteiger partial charge is 0.492 e. The number of anilines is 1. The molecule has 0 fully saturated rings. The summed E-state index contributed by atoms with van der Waals surface area (Å²) in [6, 6.07) is 16.9. The fraction of sp³-hybridized carbons (Fsp3) is 0.105. The number of para-hydroxylation sites is 2. The second kappa shape index (κ2) is 7.37. The highest BCUT2D eigenvalue weighted by Crippen LogP contribution is 2.24. The van der Waals surface area contributed by atoms with Crippen molar-refractivity contribution >= 4 is 11.6 Å². The lowest BCUT2D eigenvalue weighted by Crippen LogP contribution is -2.13. The SMILES string of the molecule is CCOc1ccccc1NC(=O)c1cnc(-c2ccccc2)nc1. The molecule has 0 atom stereocenters. The van der Waals surface area contributed by atoms with Gasteiger partial charge in [0.1, 0.15) is 5.75 Å². The van der Waals surface area contributed by atoms with Gasteiger partial charge in [-0.15, -0.1) is 0 Å². The maximum absolute atomic E-state index is 12.4. The number of nitrogens with one attached hydrogen (secondary N) is 1. The molecule has 1 amide bonds. The summed E-state index contributed by atoms with van der Waals surface area (Å²) in [4.78, 5) is 20.9. The fourth-order valence-electron chi connectivity index (χ4n) is 2.23. The van der Waals surface area contributed by atoms with E-state index in [4.69, 9.17) is 4.74 Å². The van der Waals surface area contributed by atoms with Crippen molar-refractivity contribution < 1.29 is 9.53 Å². The van der Waals surface area contributed by atoms with Crippen LogP contribution < -0.4 is 10.1 Å². The number of hydrogen-bond acceptors (Lipinski definition) is 4. The molecule has 0 bridgehead atoms. The average molecular weight is 319 g/mol. The van der Waals surface area contributed by atoms with Gasteiger partial charge in [0.05, 0.1) is 17.9 Å². The molecule has 120 valence electrons. The van der Waals surface area contributed by atoms with Crippen LogP contribution in [0.25, 0.3) is 11.4 Å². The zero-order valence-corrected chi connectivity index (χ0v) is 13.3. The average Bonchev–Trinajstić information content (AvgIpc) is 2.64. The van der Waals surface area contributed by atoms with Crippen molar-refractivity contribution in [1.29, 1.82) is 0 Å². The van der Waals surface area contributed by atoms with E-state index in [0.29, 0.717) is 29.4 Å². The number of amides is 1. The zero-order valence-electron chi connectivity index (χ0n) is 13.3. The molecule has 0 radical (unpaired) electrons. The van der Waals surface area contributed by atoms with Crippen LogP contribution in [0.2, 0.25) is 0 Å². The molecule has 1 N–H and O–H groups in total. The van der Waals surface area contributed by atoms with Gasteiger partial charge in [-0.3, -0.25) is 4.79 Å². The highest BCUT2D eigenvalue weighted by molar-refractivity contribution is 6.04. The molecule has 3 aromatic rings. The van der Waals surface area contributed by atoms with Crippen molar-refractivity contribution in [2.45, 2.75) is 6.92 Å². The Bertz CT molecular complexity index is 818. The number of carbonyl (C=O) groups excluding carboxylic acids is 1. The molecule has 0 aliphatic heterocycles. The van der Waals surface area contributed by atoms with Gasteiger partial charge in [0.15, 0.2) is 5.82 Å². The molecule has 0 spiro atoms. The summed E-state index contributed by atoms with van der Waals surface area (Å²) in [6.45, 7) is 2.43. The Hall–Kier alpha value is -3.21. The van der Waals surface area contributed by atoms with Gasteiger partial charge in [-0.25, -0.2) is 9.97 Å². The lowest BCUT2D eigenvalue weighted by molar-refractivity contribution is 0.102. The molecule has 0 aliphatic carbocycles. The van der Waals surface area contributed by atoms with Crippen molar-refractivity contribution in [3.8, 4) is 17.1 Å². The number of ether oxygens (including phenoxy) is 1. The van der Waals surface area contributed by atoms with Crippen LogP contribution in [-0.2, 0) is 0 Å². The Kier molecular flexibility index (Phi) is 4.81. The van der Waals surface area contributed by atoms with Gasteiger partial charge >= 0.3 is 0 Å². The fourth-order valence-corrected chi connectivity index (χ4v) is 2.23. The first kappa shape index (κ1) is 15.7. The summed E-state index contributed by atoms with van der Waals surface area (Å²) in [5, 5.41) is 2.83. The van der Waals surface area contributed by atoms with E-state index in [9.17, 15) is 4.79 Å². The number of carbonyl (C=O) groups is 1. The molecule has 5 nitrogen and oxygen atoms in total. The van der Waals surface area contributed by atoms with Gasteiger partial charge in [0, 0.05) is 18.0 Å². The Morgan fingerprint density at radius 2 is 1.67 bits per heavy atom. The third-order valence-electron chi connectivity index (χ3n) is 3.38. The number of rotatable bonds is 5. The quantitative estimate of drug-likeness (QED) is 0.777. The topological polar surface area (TPSA) is 64.1 Å². The van der Waals surface area contributed by atoms with Crippen LogP contribution in [0.1, 0.15) is 17.3 Å². The normalized spacial score (nSPS) is 10.2. The Morgan fingerprint density at radius 3 is 2.38 bits per heavy atom. The summed E-state index contributed by atoms with van der Waals surface area (Å²) >= 11 is 0. The van der Waals surface area contributed by atoms with Gasteiger partial charge in [-0.2, -0.15) is 0 Å². The Balaban J connectivity index is 1.76. The molecule has 0 saturated heterocycles. The molecule has 1 aromatic heterocycles. The number of benzene rings is 2. The number of hydrogen-bond donors (Lipinski definition) is 1. The van der Waals surface area contributed by atoms with Crippen LogP contribution in [0.3, 0.4) is 0 Å². The molecule has 0 unspecified atom stereocenters. The Labute approximate surface area is 140 Å². The molecule has 5 heteroatoms. The molecule has 24 heavy (non-hydrogen) atoms. The van der Waals surface area contributed by atoms with E-state index in [2.05, 4.69) is 15.3 Å². The van der Waals surface area contributed by atoms with Gasteiger partial charge in [-0.1, -0.05) is 42.5 Å². The summed E-state index contributed by atoms with van der Waals surface area (Å²) < 4.78 is 5.50. The van der Waals surface area contributed by atoms with Crippen molar-refractivity contribution in [3.63, 3.8) is 0 Å². The minimum atomic E-state index is -0.276. The van der Waals surface area contributed by atoms with Crippen molar-refractivity contribution in [2.24, 2.45) is 0 Å². The van der Waals surface area contributed by atoms with Gasteiger partial charge in [0.25, 0.3) is 5.91 Å². The molecule has 1 heterocycles. The maximum Gasteiger partial charge on any atom is 0.258 e. The van der Waals surface area contributed by atoms with E-state index in [1.54, 1.807) is 6.07 Å². The second-order valence-electron chi connectivity index (χ2n) is 5.04. The summed E-state index contributed by atoms with van der Waals surface area (Å²) in [6.07, 6.45) is 3.04. The van der Waals surface area contributed by atoms with Gasteiger partial charge in [-0.05, 0) is 19.1 Å². The van der Waals surface area contributed by atoms with Crippen LogP contribution in [0.15, 0.2) is 67.0 Å². The van der Waals surface area contributed by atoms with Crippen LogP contribution in [0, 0.1) is 0 Å². The first-order chi connectivity index (χ1) is 11.8. The van der Waals surface area contributed by atoms with Crippen LogP contribution >= 0.6 is 0 Å². The maximum atomic E-state index is 12.4. The minimum Gasteiger partial charge on any atom is -0.492 e. The number of aromatic nitrogens is 2. The van der Waals surface area contributed by atoms with Crippen molar-refractivity contribution in [2.75, 3.05) is 11.9 Å². The summed E-state index contributed by atoms with van der Waals surface area (Å²) in [5.74, 6) is 0.943. The molecule has 0 aliphatic rings. The molecule has 2 aromatic carbocycles. The zero-order chi connectivity index (χ0) is 16.8. The lowest BCUT2D eigenvalue weighted by atomic mass is 10.2. The lowest BCUT2D eigenvalue weighted by Gasteiger charge is -2.11. The molecular formula is C19H17N3O2. The van der Waals surface area contributed by atoms with E-state index in [1.165, 1.54) is 12.4 Å². The molecular weight excluding hydrogens is 302 g/mol. The van der Waals surface area contributed by atoms with Crippen LogP contribution in [-0.4, -0.2) is 22.5 Å². The standard InChI is InChI=1S/C19H17N3O2/c1-2-24-17-11-7-6-10-16(17)22-19(23)15-12-20-18(21-13-15)14-8-4-3-5-9-14/h3-13H,2H2,1H3,(H,22,23). The van der Waals surface area contributed by atoms with Gasteiger partial charge < -0.3 is 10.1 Å². The van der Waals surface area contributed by atoms with E-state index in [0.717, 1.165) is 5.56 Å². The second-order valence-corrected chi connectivity index (χ2v) is 5.04. The summed E-state index contributed by atoms with van der Waals surface area (Å²) in [7, 11) is 0. The predicted molar refractivity (Wildman–Crippen MR) is 93.0 cm³/mol. The van der Waals surface area contributed by atoms with Gasteiger partial charge in [0.2, 0.25) is 0 Å². The monoisotopic (exact) mass is 319 g/mol. The van der Waals surface area contributed by atoms with Crippen LogP contribution in [0.5, 0.6) is 5.75 Å². The highest BCUT2D eigenvalue weighted by atomic mass is 16.5. The third-order valence-corrected chi connectivity index (χ3v) is 3.38. The molecule has 0 saturated carbocycles. The highest BCUT2D eigenvalue weighted by Gasteiger charge is 2.11. The summed E-state index contributed by atoms with van der Waals surface area (Å²) in [5.41, 5.74) is 1.92. The van der Waals surface area contributed by atoms with Crippen molar-refractivity contribution in [3.05, 3.63) is 72.6 Å². The third kappa shape index (κ3) is 3.57. The Morgan fingerprint density at radius 1 is 1.00 bits per heavy atom. The van der Waals surface area contributed by atoms with E-state index in [-0.39, 0.29) is 5.91 Å². The predicted octanol–water partition coefficient (Wildman–Crippen LogP) is 3.79. The van der Waals surface area contributed by atoms with E-state index >= 15 is 0 Å². The first-order valence-corrected chi connectivity index (χ1v) is 7.68. The number of nitrogens with zero attached hydrogens (tertiary/aromatic N) is 2. The van der Waals surface area contributed by atoms with Crippen molar-refractivity contribution in [1.82, 2.24) is 9.97 Å². The molecule has 3 rings (SSSR count). The van der Waals surface area contributed by atoms with E-state index in [1.807, 2.05) is 55.5 Å².